The molecule has 122 valence electrons. The van der Waals surface area contributed by atoms with E-state index in [4.69, 9.17) is 4.74 Å². The van der Waals surface area contributed by atoms with Gasteiger partial charge in [-0.2, -0.15) is 0 Å². The molecular formula is C20H19FN2O. The Kier molecular flexibility index (Phi) is 5.43. The second kappa shape index (κ2) is 8.13. The molecule has 3 rings (SSSR count). The zero-order valence-electron chi connectivity index (χ0n) is 13.2. The van der Waals surface area contributed by atoms with Crippen molar-refractivity contribution in [2.75, 3.05) is 5.43 Å². The molecule has 0 heterocycles. The summed E-state index contributed by atoms with van der Waals surface area (Å²) in [4.78, 5) is 0. The summed E-state index contributed by atoms with van der Waals surface area (Å²) < 4.78 is 19.1. The predicted octanol–water partition coefficient (Wildman–Crippen LogP) is 4.52. The Morgan fingerprint density at radius 1 is 0.833 bits per heavy atom. The molecule has 3 aromatic carbocycles. The van der Waals surface area contributed by atoms with E-state index < -0.39 is 0 Å². The Bertz CT molecular complexity index is 777. The van der Waals surface area contributed by atoms with E-state index in [1.165, 1.54) is 12.1 Å². The van der Waals surface area contributed by atoms with Gasteiger partial charge in [0, 0.05) is 17.8 Å². The summed E-state index contributed by atoms with van der Waals surface area (Å²) in [7, 11) is 0. The molecule has 0 aliphatic carbocycles. The Balaban J connectivity index is 1.58. The van der Waals surface area contributed by atoms with Gasteiger partial charge in [0.15, 0.2) is 0 Å². The van der Waals surface area contributed by atoms with Crippen molar-refractivity contribution >= 4 is 5.69 Å². The van der Waals surface area contributed by atoms with Crippen LogP contribution in [0.15, 0.2) is 78.9 Å². The van der Waals surface area contributed by atoms with Gasteiger partial charge in [-0.25, -0.2) is 9.82 Å². The molecule has 24 heavy (non-hydrogen) atoms. The molecule has 0 amide bonds. The third-order valence-electron chi connectivity index (χ3n) is 3.54. The Labute approximate surface area is 141 Å². The molecule has 0 spiro atoms. The lowest BCUT2D eigenvalue weighted by Gasteiger charge is -2.13. The number of halogens is 1. The molecule has 3 aromatic rings. The Hall–Kier alpha value is -2.85. The van der Waals surface area contributed by atoms with Crippen molar-refractivity contribution < 1.29 is 9.13 Å². The van der Waals surface area contributed by atoms with E-state index in [0.29, 0.717) is 13.2 Å². The summed E-state index contributed by atoms with van der Waals surface area (Å²) in [5, 5.41) is 0. The number of hydrazine groups is 1. The van der Waals surface area contributed by atoms with Gasteiger partial charge in [-0.1, -0.05) is 48.5 Å². The highest BCUT2D eigenvalue weighted by atomic mass is 19.1. The van der Waals surface area contributed by atoms with Gasteiger partial charge in [0.2, 0.25) is 0 Å². The van der Waals surface area contributed by atoms with Gasteiger partial charge in [-0.3, -0.25) is 0 Å². The quantitative estimate of drug-likeness (QED) is 0.627. The maximum Gasteiger partial charge on any atom is 0.124 e. The molecule has 0 saturated carbocycles. The molecule has 0 unspecified atom stereocenters. The van der Waals surface area contributed by atoms with Gasteiger partial charge in [0.05, 0.1) is 0 Å². The van der Waals surface area contributed by atoms with Crippen molar-refractivity contribution in [2.45, 2.75) is 13.2 Å². The number of hydrogen-bond donors (Lipinski definition) is 2. The zero-order chi connectivity index (χ0) is 16.6. The third-order valence-corrected chi connectivity index (χ3v) is 3.54. The minimum Gasteiger partial charge on any atom is -0.489 e. The molecule has 0 aliphatic heterocycles. The van der Waals surface area contributed by atoms with Crippen molar-refractivity contribution in [3.8, 4) is 5.75 Å². The van der Waals surface area contributed by atoms with Gasteiger partial charge >= 0.3 is 0 Å². The van der Waals surface area contributed by atoms with Gasteiger partial charge in [0.1, 0.15) is 18.2 Å². The van der Waals surface area contributed by atoms with Crippen LogP contribution in [0.5, 0.6) is 5.75 Å². The van der Waals surface area contributed by atoms with Gasteiger partial charge in [-0.05, 0) is 35.9 Å². The SMILES string of the molecule is Fc1cccc(COc2ccccc2CNNc2ccccc2)c1. The number of anilines is 1. The van der Waals surface area contributed by atoms with E-state index in [2.05, 4.69) is 10.9 Å². The average molecular weight is 322 g/mol. The lowest BCUT2D eigenvalue weighted by molar-refractivity contribution is 0.302. The van der Waals surface area contributed by atoms with Crippen LogP contribution >= 0.6 is 0 Å². The van der Waals surface area contributed by atoms with Crippen LogP contribution in [0.4, 0.5) is 10.1 Å². The van der Waals surface area contributed by atoms with Crippen molar-refractivity contribution in [2.24, 2.45) is 0 Å². The van der Waals surface area contributed by atoms with Crippen LogP contribution in [0.25, 0.3) is 0 Å². The summed E-state index contributed by atoms with van der Waals surface area (Å²) >= 11 is 0. The smallest absolute Gasteiger partial charge is 0.124 e. The second-order valence-corrected chi connectivity index (χ2v) is 5.37. The number of nitrogens with one attached hydrogen (secondary N) is 2. The molecule has 4 heteroatoms. The van der Waals surface area contributed by atoms with Gasteiger partial charge in [-0.15, -0.1) is 0 Å². The lowest BCUT2D eigenvalue weighted by atomic mass is 10.2. The summed E-state index contributed by atoms with van der Waals surface area (Å²) in [6.45, 7) is 0.940. The fourth-order valence-electron chi connectivity index (χ4n) is 2.34. The molecule has 0 fully saturated rings. The molecule has 0 saturated heterocycles. The number of hydrogen-bond acceptors (Lipinski definition) is 3. The normalized spacial score (nSPS) is 10.4. The maximum atomic E-state index is 13.2. The van der Waals surface area contributed by atoms with E-state index in [1.54, 1.807) is 6.07 Å². The van der Waals surface area contributed by atoms with E-state index in [0.717, 1.165) is 22.6 Å². The molecule has 0 aliphatic rings. The topological polar surface area (TPSA) is 33.3 Å². The van der Waals surface area contributed by atoms with Crippen molar-refractivity contribution in [1.29, 1.82) is 0 Å². The highest BCUT2D eigenvalue weighted by Gasteiger charge is 2.04. The van der Waals surface area contributed by atoms with Crippen molar-refractivity contribution in [1.82, 2.24) is 5.43 Å². The van der Waals surface area contributed by atoms with E-state index in [9.17, 15) is 4.39 Å². The fourth-order valence-corrected chi connectivity index (χ4v) is 2.34. The van der Waals surface area contributed by atoms with Crippen LogP contribution in [0.1, 0.15) is 11.1 Å². The van der Waals surface area contributed by atoms with E-state index in [-0.39, 0.29) is 5.82 Å². The van der Waals surface area contributed by atoms with Crippen LogP contribution in [-0.4, -0.2) is 0 Å². The van der Waals surface area contributed by atoms with Crippen LogP contribution in [-0.2, 0) is 13.2 Å². The highest BCUT2D eigenvalue weighted by Crippen LogP contribution is 2.19. The summed E-state index contributed by atoms with van der Waals surface area (Å²) in [6.07, 6.45) is 0. The number of rotatable bonds is 7. The van der Waals surface area contributed by atoms with Crippen LogP contribution in [0, 0.1) is 5.82 Å². The Morgan fingerprint density at radius 2 is 1.62 bits per heavy atom. The predicted molar refractivity (Wildman–Crippen MR) is 94.1 cm³/mol. The fraction of sp³-hybridized carbons (Fsp3) is 0.100. The largest absolute Gasteiger partial charge is 0.489 e. The molecular weight excluding hydrogens is 303 g/mol. The minimum atomic E-state index is -0.252. The number of ether oxygens (including phenoxy) is 1. The zero-order valence-corrected chi connectivity index (χ0v) is 13.2. The first-order chi connectivity index (χ1) is 11.8. The molecule has 0 radical (unpaired) electrons. The molecule has 3 nitrogen and oxygen atoms in total. The highest BCUT2D eigenvalue weighted by molar-refractivity contribution is 5.41. The van der Waals surface area contributed by atoms with E-state index >= 15 is 0 Å². The van der Waals surface area contributed by atoms with Gasteiger partial charge in [0.25, 0.3) is 0 Å². The first-order valence-electron chi connectivity index (χ1n) is 7.80. The average Bonchev–Trinajstić information content (AvgIpc) is 2.62. The van der Waals surface area contributed by atoms with Crippen LogP contribution in [0.3, 0.4) is 0 Å². The lowest BCUT2D eigenvalue weighted by Crippen LogP contribution is -2.21. The van der Waals surface area contributed by atoms with Gasteiger partial charge < -0.3 is 10.2 Å². The van der Waals surface area contributed by atoms with Crippen molar-refractivity contribution in [3.63, 3.8) is 0 Å². The molecule has 0 atom stereocenters. The third kappa shape index (κ3) is 4.57. The van der Waals surface area contributed by atoms with Crippen LogP contribution < -0.4 is 15.6 Å². The summed E-state index contributed by atoms with van der Waals surface area (Å²) in [5.41, 5.74) is 9.15. The summed E-state index contributed by atoms with van der Waals surface area (Å²) in [5.74, 6) is 0.530. The minimum absolute atomic E-state index is 0.252. The summed E-state index contributed by atoms with van der Waals surface area (Å²) in [6, 6.07) is 24.1. The maximum absolute atomic E-state index is 13.2. The monoisotopic (exact) mass is 322 g/mol. The molecule has 2 N–H and O–H groups in total. The molecule has 0 bridgehead atoms. The van der Waals surface area contributed by atoms with Crippen molar-refractivity contribution in [3.05, 3.63) is 95.8 Å². The second-order valence-electron chi connectivity index (χ2n) is 5.37. The standard InChI is InChI=1S/C20H19FN2O/c21-18-9-6-7-16(13-18)15-24-20-12-5-4-8-17(20)14-22-23-19-10-2-1-3-11-19/h1-13,22-23H,14-15H2. The first kappa shape index (κ1) is 16.0. The van der Waals surface area contributed by atoms with E-state index in [1.807, 2.05) is 60.7 Å². The number of benzene rings is 3. The Morgan fingerprint density at radius 3 is 2.46 bits per heavy atom. The van der Waals surface area contributed by atoms with Crippen LogP contribution in [0.2, 0.25) is 0 Å². The number of para-hydroxylation sites is 2. The molecule has 0 aromatic heterocycles. The first-order valence-corrected chi connectivity index (χ1v) is 7.80.